The maximum Gasteiger partial charge on any atom is 0.266 e. The van der Waals surface area contributed by atoms with Crippen LogP contribution < -0.4 is 5.56 Å². The number of rotatable bonds is 2. The molecule has 2 aromatic heterocycles. The van der Waals surface area contributed by atoms with Gasteiger partial charge in [-0.1, -0.05) is 11.6 Å². The number of carbonyl (C=O) groups excluding carboxylic acids is 1. The second-order valence-electron chi connectivity index (χ2n) is 6.02. The minimum atomic E-state index is -0.408. The number of nitrogens with one attached hydrogen (secondary N) is 1. The molecule has 2 aliphatic heterocycles. The first-order valence-corrected chi connectivity index (χ1v) is 8.23. The fraction of sp³-hybridized carbons (Fsp3) is 0.438. The van der Waals surface area contributed by atoms with Gasteiger partial charge in [0.05, 0.1) is 24.6 Å². The first-order valence-electron chi connectivity index (χ1n) is 7.85. The van der Waals surface area contributed by atoms with Crippen LogP contribution in [0.1, 0.15) is 40.0 Å². The third kappa shape index (κ3) is 2.74. The Balaban J connectivity index is 1.54. The van der Waals surface area contributed by atoms with Crippen LogP contribution in [-0.2, 0) is 17.7 Å². The molecular formula is C16H16ClN3O4. The number of oxazole rings is 1. The first kappa shape index (κ1) is 15.4. The summed E-state index contributed by atoms with van der Waals surface area (Å²) in [4.78, 5) is 32.6. The molecule has 1 amide bonds. The van der Waals surface area contributed by atoms with E-state index in [9.17, 15) is 9.59 Å². The molecule has 8 heteroatoms. The van der Waals surface area contributed by atoms with Crippen LogP contribution in [-0.4, -0.2) is 40.5 Å². The van der Waals surface area contributed by atoms with E-state index in [-0.39, 0.29) is 16.8 Å². The van der Waals surface area contributed by atoms with Gasteiger partial charge in [-0.3, -0.25) is 9.59 Å². The molecule has 2 aromatic rings. The Morgan fingerprint density at radius 1 is 1.46 bits per heavy atom. The van der Waals surface area contributed by atoms with Gasteiger partial charge in [-0.25, -0.2) is 4.98 Å². The molecule has 0 bridgehead atoms. The van der Waals surface area contributed by atoms with Crippen molar-refractivity contribution in [3.63, 3.8) is 0 Å². The molecule has 1 atom stereocenters. The average Bonchev–Trinajstić information content (AvgIpc) is 3.24. The highest BCUT2D eigenvalue weighted by atomic mass is 35.5. The highest BCUT2D eigenvalue weighted by Gasteiger charge is 2.30. The van der Waals surface area contributed by atoms with Gasteiger partial charge in [-0.15, -0.1) is 0 Å². The number of hydrogen-bond acceptors (Lipinski definition) is 5. The molecule has 0 spiro atoms. The summed E-state index contributed by atoms with van der Waals surface area (Å²) in [6.45, 7) is 2.30. The minimum absolute atomic E-state index is 0.00324. The van der Waals surface area contributed by atoms with Gasteiger partial charge in [-0.2, -0.15) is 0 Å². The van der Waals surface area contributed by atoms with E-state index in [4.69, 9.17) is 20.8 Å². The number of nitrogens with zero attached hydrogens (tertiary/aromatic N) is 2. The summed E-state index contributed by atoms with van der Waals surface area (Å²) >= 11 is 5.80. The lowest BCUT2D eigenvalue weighted by molar-refractivity contribution is 0.0727. The molecular weight excluding hydrogens is 334 g/mol. The highest BCUT2D eigenvalue weighted by molar-refractivity contribution is 6.30. The Morgan fingerprint density at radius 3 is 3.08 bits per heavy atom. The van der Waals surface area contributed by atoms with Crippen molar-refractivity contribution in [2.24, 2.45) is 0 Å². The second-order valence-corrected chi connectivity index (χ2v) is 6.43. The number of pyridine rings is 1. The molecule has 0 aliphatic carbocycles. The van der Waals surface area contributed by atoms with Gasteiger partial charge in [0.25, 0.3) is 11.5 Å². The molecule has 0 radical (unpaired) electrons. The summed E-state index contributed by atoms with van der Waals surface area (Å²) in [6.07, 6.45) is 2.92. The number of fused-ring (bicyclic) bond motifs is 1. The smallest absolute Gasteiger partial charge is 0.266 e. The van der Waals surface area contributed by atoms with Gasteiger partial charge in [0.1, 0.15) is 16.5 Å². The number of carbonyl (C=O) groups is 1. The number of ether oxygens (including phenoxy) is 1. The average molecular weight is 350 g/mol. The monoisotopic (exact) mass is 349 g/mol. The summed E-state index contributed by atoms with van der Waals surface area (Å²) in [7, 11) is 0. The molecule has 0 aromatic carbocycles. The minimum Gasteiger partial charge on any atom is -0.445 e. The van der Waals surface area contributed by atoms with Crippen molar-refractivity contribution in [1.29, 1.82) is 0 Å². The molecule has 1 fully saturated rings. The Morgan fingerprint density at radius 2 is 2.33 bits per heavy atom. The lowest BCUT2D eigenvalue weighted by atomic mass is 10.1. The van der Waals surface area contributed by atoms with Gasteiger partial charge >= 0.3 is 0 Å². The third-order valence-corrected chi connectivity index (χ3v) is 4.70. The zero-order chi connectivity index (χ0) is 16.7. The maximum absolute atomic E-state index is 12.6. The van der Waals surface area contributed by atoms with E-state index in [0.717, 1.165) is 24.5 Å². The molecule has 4 rings (SSSR count). The van der Waals surface area contributed by atoms with Crippen molar-refractivity contribution >= 4 is 17.5 Å². The number of aromatic amines is 1. The zero-order valence-corrected chi connectivity index (χ0v) is 13.6. The quantitative estimate of drug-likeness (QED) is 0.891. The number of halogens is 1. The molecule has 24 heavy (non-hydrogen) atoms. The first-order chi connectivity index (χ1) is 11.6. The summed E-state index contributed by atoms with van der Waals surface area (Å²) in [5.74, 6) is 1.57. The van der Waals surface area contributed by atoms with Gasteiger partial charge in [0.15, 0.2) is 5.89 Å². The van der Waals surface area contributed by atoms with Crippen LogP contribution >= 0.6 is 11.6 Å². The van der Waals surface area contributed by atoms with Crippen molar-refractivity contribution in [2.45, 2.75) is 25.3 Å². The van der Waals surface area contributed by atoms with Crippen LogP contribution in [0.3, 0.4) is 0 Å². The van der Waals surface area contributed by atoms with E-state index in [1.54, 1.807) is 4.90 Å². The molecule has 4 heterocycles. The van der Waals surface area contributed by atoms with Crippen molar-refractivity contribution in [1.82, 2.24) is 14.9 Å². The highest BCUT2D eigenvalue weighted by Crippen LogP contribution is 2.29. The molecule has 7 nitrogen and oxygen atoms in total. The molecule has 1 N–H and O–H groups in total. The topological polar surface area (TPSA) is 88.4 Å². The maximum atomic E-state index is 12.6. The number of H-pyrrole nitrogens is 1. The van der Waals surface area contributed by atoms with E-state index < -0.39 is 5.56 Å². The van der Waals surface area contributed by atoms with E-state index >= 15 is 0 Å². The number of aromatic nitrogens is 2. The SMILES string of the molecule is O=C(c1c[nH]c(=O)c(Cl)c1)N1CCc2oc(C3CCOC3)nc2C1. The van der Waals surface area contributed by atoms with Crippen molar-refractivity contribution < 1.29 is 13.9 Å². The van der Waals surface area contributed by atoms with Crippen molar-refractivity contribution in [3.8, 4) is 0 Å². The van der Waals surface area contributed by atoms with Gasteiger partial charge in [0, 0.05) is 25.8 Å². The third-order valence-electron chi connectivity index (χ3n) is 4.42. The Hall–Kier alpha value is -2.12. The van der Waals surface area contributed by atoms with E-state index in [2.05, 4.69) is 9.97 Å². The zero-order valence-electron chi connectivity index (χ0n) is 12.9. The standard InChI is InChI=1S/C16H16ClN3O4/c17-11-5-10(6-18-14(11)21)16(22)20-3-1-13-12(7-20)19-15(24-13)9-2-4-23-8-9/h5-6,9H,1-4,7-8H2,(H,18,21). The molecule has 126 valence electrons. The molecule has 1 unspecified atom stereocenters. The molecule has 0 saturated carbocycles. The van der Waals surface area contributed by atoms with E-state index in [0.29, 0.717) is 37.6 Å². The fourth-order valence-electron chi connectivity index (χ4n) is 3.06. The van der Waals surface area contributed by atoms with Gasteiger partial charge in [0.2, 0.25) is 0 Å². The normalized spacial score (nSPS) is 20.2. The number of amides is 1. The van der Waals surface area contributed by atoms with Crippen LogP contribution in [0.4, 0.5) is 0 Å². The largest absolute Gasteiger partial charge is 0.445 e. The van der Waals surface area contributed by atoms with Crippen LogP contribution in [0.2, 0.25) is 5.02 Å². The van der Waals surface area contributed by atoms with Crippen molar-refractivity contribution in [3.05, 3.63) is 50.5 Å². The lowest BCUT2D eigenvalue weighted by Gasteiger charge is -2.25. The number of hydrogen-bond donors (Lipinski definition) is 1. The Labute approximate surface area is 142 Å². The van der Waals surface area contributed by atoms with Crippen molar-refractivity contribution in [2.75, 3.05) is 19.8 Å². The predicted octanol–water partition coefficient (Wildman–Crippen LogP) is 1.72. The van der Waals surface area contributed by atoms with E-state index in [1.807, 2.05) is 0 Å². The second kappa shape index (κ2) is 6.07. The van der Waals surface area contributed by atoms with Crippen LogP contribution in [0.5, 0.6) is 0 Å². The lowest BCUT2D eigenvalue weighted by Crippen LogP contribution is -2.36. The van der Waals surface area contributed by atoms with Crippen LogP contribution in [0.25, 0.3) is 0 Å². The summed E-state index contributed by atoms with van der Waals surface area (Å²) in [5, 5.41) is 0.00324. The van der Waals surface area contributed by atoms with Gasteiger partial charge in [-0.05, 0) is 12.5 Å². The van der Waals surface area contributed by atoms with Crippen LogP contribution in [0, 0.1) is 0 Å². The Kier molecular flexibility index (Phi) is 3.90. The summed E-state index contributed by atoms with van der Waals surface area (Å²) < 4.78 is 11.2. The fourth-order valence-corrected chi connectivity index (χ4v) is 3.23. The van der Waals surface area contributed by atoms with E-state index in [1.165, 1.54) is 12.3 Å². The summed E-state index contributed by atoms with van der Waals surface area (Å²) in [6, 6.07) is 1.39. The predicted molar refractivity (Wildman–Crippen MR) is 85.2 cm³/mol. The Bertz CT molecular complexity index is 838. The van der Waals surface area contributed by atoms with Crippen LogP contribution in [0.15, 0.2) is 21.5 Å². The molecule has 1 saturated heterocycles. The van der Waals surface area contributed by atoms with Gasteiger partial charge < -0.3 is 19.0 Å². The molecule has 2 aliphatic rings. The summed E-state index contributed by atoms with van der Waals surface area (Å²) in [5.41, 5.74) is 0.747.